The van der Waals surface area contributed by atoms with Gasteiger partial charge in [-0.15, -0.1) is 11.3 Å². The van der Waals surface area contributed by atoms with Crippen molar-refractivity contribution in [3.63, 3.8) is 0 Å². The van der Waals surface area contributed by atoms with Gasteiger partial charge in [-0.1, -0.05) is 23.8 Å². The smallest absolute Gasteiger partial charge is 0.268 e. The highest BCUT2D eigenvalue weighted by molar-refractivity contribution is 7.92. The number of benzene rings is 2. The molecular weight excluding hydrogens is 404 g/mol. The Hall–Kier alpha value is -2.64. The molecule has 0 bridgehead atoms. The van der Waals surface area contributed by atoms with Crippen LogP contribution in [-0.2, 0) is 16.4 Å². The van der Waals surface area contributed by atoms with Crippen molar-refractivity contribution in [1.29, 1.82) is 0 Å². The Bertz CT molecular complexity index is 1170. The molecule has 5 nitrogen and oxygen atoms in total. The van der Waals surface area contributed by atoms with Gasteiger partial charge in [0.1, 0.15) is 0 Å². The molecule has 4 rings (SSSR count). The summed E-state index contributed by atoms with van der Waals surface area (Å²) in [5.74, 6) is -0.00967. The maximum absolute atomic E-state index is 12.9. The van der Waals surface area contributed by atoms with Gasteiger partial charge in [-0.25, -0.2) is 8.42 Å². The van der Waals surface area contributed by atoms with Crippen molar-refractivity contribution in [1.82, 2.24) is 0 Å². The Balaban J connectivity index is 1.62. The van der Waals surface area contributed by atoms with Crippen LogP contribution < -0.4 is 9.62 Å². The average molecular weight is 427 g/mol. The molecule has 1 N–H and O–H groups in total. The molecule has 3 aromatic rings. The Kier molecular flexibility index (Phi) is 5.19. The summed E-state index contributed by atoms with van der Waals surface area (Å²) in [5, 5.41) is 1.89. The van der Waals surface area contributed by atoms with E-state index in [-0.39, 0.29) is 10.8 Å². The molecule has 0 radical (unpaired) electrons. The number of carbonyl (C=O) groups is 1. The molecule has 1 amide bonds. The summed E-state index contributed by atoms with van der Waals surface area (Å²) < 4.78 is 28.4. The summed E-state index contributed by atoms with van der Waals surface area (Å²) >= 11 is 1.43. The van der Waals surface area contributed by atoms with Crippen molar-refractivity contribution in [3.05, 3.63) is 75.5 Å². The standard InChI is InChI=1S/C22H22N2O3S2/c1-15-7-10-21(16(2)13-15)29(26,27)23-18-8-9-19-17(14-18)5-3-11-24(19)22(25)20-6-4-12-28-20/h4,6-10,12-14,23H,3,5,11H2,1-2H3. The first-order valence-electron chi connectivity index (χ1n) is 9.43. The summed E-state index contributed by atoms with van der Waals surface area (Å²) in [7, 11) is -3.68. The summed E-state index contributed by atoms with van der Waals surface area (Å²) in [6.07, 6.45) is 1.65. The van der Waals surface area contributed by atoms with E-state index in [0.29, 0.717) is 22.7 Å². The molecule has 0 aliphatic carbocycles. The quantitative estimate of drug-likeness (QED) is 0.654. The lowest BCUT2D eigenvalue weighted by Crippen LogP contribution is -2.35. The number of sulfonamides is 1. The predicted octanol–water partition coefficient (Wildman–Crippen LogP) is 4.76. The normalized spacial score (nSPS) is 13.8. The number of hydrogen-bond donors (Lipinski definition) is 1. The lowest BCUT2D eigenvalue weighted by molar-refractivity contribution is 0.0989. The average Bonchev–Trinajstić information content (AvgIpc) is 3.21. The summed E-state index contributed by atoms with van der Waals surface area (Å²) in [6, 6.07) is 14.4. The first-order chi connectivity index (χ1) is 13.8. The van der Waals surface area contributed by atoms with Gasteiger partial charge in [0.15, 0.2) is 0 Å². The van der Waals surface area contributed by atoms with E-state index in [9.17, 15) is 13.2 Å². The number of rotatable bonds is 4. The molecule has 0 fully saturated rings. The molecule has 2 aromatic carbocycles. The zero-order chi connectivity index (χ0) is 20.6. The van der Waals surface area contributed by atoms with Crippen LogP contribution in [0.4, 0.5) is 11.4 Å². The third-order valence-electron chi connectivity index (χ3n) is 5.05. The molecule has 0 unspecified atom stereocenters. The first kappa shape index (κ1) is 19.7. The van der Waals surface area contributed by atoms with Crippen LogP contribution in [0.2, 0.25) is 0 Å². The van der Waals surface area contributed by atoms with Crippen LogP contribution in [0.15, 0.2) is 58.8 Å². The Morgan fingerprint density at radius 1 is 1.10 bits per heavy atom. The fourth-order valence-electron chi connectivity index (χ4n) is 3.72. The van der Waals surface area contributed by atoms with E-state index in [2.05, 4.69) is 4.72 Å². The van der Waals surface area contributed by atoms with Crippen LogP contribution in [-0.4, -0.2) is 20.9 Å². The van der Waals surface area contributed by atoms with Gasteiger partial charge in [0, 0.05) is 17.9 Å². The largest absolute Gasteiger partial charge is 0.307 e. The Morgan fingerprint density at radius 3 is 2.66 bits per heavy atom. The third-order valence-corrected chi connectivity index (χ3v) is 7.45. The van der Waals surface area contributed by atoms with Gasteiger partial charge in [-0.3, -0.25) is 9.52 Å². The molecule has 7 heteroatoms. The van der Waals surface area contributed by atoms with Gasteiger partial charge in [0.2, 0.25) is 0 Å². The highest BCUT2D eigenvalue weighted by Crippen LogP contribution is 2.32. The van der Waals surface area contributed by atoms with Crippen molar-refractivity contribution in [2.75, 3.05) is 16.2 Å². The van der Waals surface area contributed by atoms with E-state index < -0.39 is 10.0 Å². The van der Waals surface area contributed by atoms with Gasteiger partial charge in [0.25, 0.3) is 15.9 Å². The number of fused-ring (bicyclic) bond motifs is 1. The fourth-order valence-corrected chi connectivity index (χ4v) is 5.66. The summed E-state index contributed by atoms with van der Waals surface area (Å²) in [6.45, 7) is 4.39. The van der Waals surface area contributed by atoms with Crippen molar-refractivity contribution in [2.24, 2.45) is 0 Å². The second-order valence-electron chi connectivity index (χ2n) is 7.26. The predicted molar refractivity (Wildman–Crippen MR) is 117 cm³/mol. The van der Waals surface area contributed by atoms with E-state index in [1.165, 1.54) is 11.3 Å². The van der Waals surface area contributed by atoms with Gasteiger partial charge in [-0.05, 0) is 73.5 Å². The maximum atomic E-state index is 12.9. The molecule has 1 aliphatic heterocycles. The Labute approximate surface area is 175 Å². The van der Waals surface area contributed by atoms with E-state index >= 15 is 0 Å². The number of nitrogens with one attached hydrogen (secondary N) is 1. The van der Waals surface area contributed by atoms with Crippen LogP contribution in [0.5, 0.6) is 0 Å². The molecular formula is C22H22N2O3S2. The highest BCUT2D eigenvalue weighted by atomic mass is 32.2. The second-order valence-corrected chi connectivity index (χ2v) is 9.85. The number of nitrogens with zero attached hydrogens (tertiary/aromatic N) is 1. The zero-order valence-electron chi connectivity index (χ0n) is 16.3. The summed E-state index contributed by atoms with van der Waals surface area (Å²) in [5.41, 5.74) is 4.06. The lowest BCUT2D eigenvalue weighted by atomic mass is 10.0. The number of carbonyl (C=O) groups excluding carboxylic acids is 1. The summed E-state index contributed by atoms with van der Waals surface area (Å²) in [4.78, 5) is 15.6. The number of hydrogen-bond acceptors (Lipinski definition) is 4. The van der Waals surface area contributed by atoms with Crippen LogP contribution in [0, 0.1) is 13.8 Å². The van der Waals surface area contributed by atoms with Crippen LogP contribution in [0.25, 0.3) is 0 Å². The number of amides is 1. The lowest BCUT2D eigenvalue weighted by Gasteiger charge is -2.29. The van der Waals surface area contributed by atoms with E-state index in [1.807, 2.05) is 42.6 Å². The third kappa shape index (κ3) is 3.93. The minimum atomic E-state index is -3.68. The van der Waals surface area contributed by atoms with Crippen molar-refractivity contribution in [3.8, 4) is 0 Å². The van der Waals surface area contributed by atoms with Crippen LogP contribution >= 0.6 is 11.3 Å². The van der Waals surface area contributed by atoms with Crippen molar-refractivity contribution >= 4 is 38.6 Å². The Morgan fingerprint density at radius 2 is 1.93 bits per heavy atom. The molecule has 0 spiro atoms. The van der Waals surface area contributed by atoms with Gasteiger partial charge in [0.05, 0.1) is 9.77 Å². The van der Waals surface area contributed by atoms with Gasteiger partial charge >= 0.3 is 0 Å². The van der Waals surface area contributed by atoms with Crippen molar-refractivity contribution < 1.29 is 13.2 Å². The molecule has 0 saturated heterocycles. The van der Waals surface area contributed by atoms with Crippen molar-refractivity contribution in [2.45, 2.75) is 31.6 Å². The minimum Gasteiger partial charge on any atom is -0.307 e. The van der Waals surface area contributed by atoms with E-state index in [1.54, 1.807) is 30.0 Å². The van der Waals surface area contributed by atoms with Gasteiger partial charge in [-0.2, -0.15) is 0 Å². The monoisotopic (exact) mass is 426 g/mol. The number of aryl methyl sites for hydroxylation is 3. The topological polar surface area (TPSA) is 66.5 Å². The fraction of sp³-hybridized carbons (Fsp3) is 0.227. The van der Waals surface area contributed by atoms with Gasteiger partial charge < -0.3 is 4.90 Å². The molecule has 2 heterocycles. The maximum Gasteiger partial charge on any atom is 0.268 e. The minimum absolute atomic E-state index is 0.00967. The molecule has 150 valence electrons. The van der Waals surface area contributed by atoms with Crippen LogP contribution in [0.1, 0.15) is 32.8 Å². The van der Waals surface area contributed by atoms with E-state index in [0.717, 1.165) is 29.7 Å². The zero-order valence-corrected chi connectivity index (χ0v) is 17.9. The molecule has 0 atom stereocenters. The second kappa shape index (κ2) is 7.65. The number of anilines is 2. The molecule has 1 aliphatic rings. The number of thiophene rings is 1. The molecule has 0 saturated carbocycles. The molecule has 1 aromatic heterocycles. The first-order valence-corrected chi connectivity index (χ1v) is 11.8. The van der Waals surface area contributed by atoms with E-state index in [4.69, 9.17) is 0 Å². The highest BCUT2D eigenvalue weighted by Gasteiger charge is 2.25. The van der Waals surface area contributed by atoms with Crippen LogP contribution in [0.3, 0.4) is 0 Å². The SMILES string of the molecule is Cc1ccc(S(=O)(=O)Nc2ccc3c(c2)CCCN3C(=O)c2cccs2)c(C)c1. The molecule has 29 heavy (non-hydrogen) atoms.